The smallest absolute Gasteiger partial charge is 0.246 e. The van der Waals surface area contributed by atoms with E-state index in [4.69, 9.17) is 21.1 Å². The van der Waals surface area contributed by atoms with Crippen LogP contribution in [-0.4, -0.2) is 57.5 Å². The Labute approximate surface area is 215 Å². The number of hydrogen-bond acceptors (Lipinski definition) is 5. The minimum atomic E-state index is -4.06. The highest BCUT2D eigenvalue weighted by Gasteiger charge is 2.31. The van der Waals surface area contributed by atoms with E-state index in [0.29, 0.717) is 37.3 Å². The lowest BCUT2D eigenvalue weighted by Gasteiger charge is -2.36. The number of benzene rings is 3. The molecule has 1 heterocycles. The van der Waals surface area contributed by atoms with Crippen LogP contribution >= 0.6 is 11.6 Å². The van der Waals surface area contributed by atoms with Gasteiger partial charge in [-0.3, -0.25) is 4.90 Å². The molecule has 1 saturated heterocycles. The second kappa shape index (κ2) is 11.7. The molecular weight excluding hydrogens is 510 g/mol. The van der Waals surface area contributed by atoms with Crippen molar-refractivity contribution in [3.63, 3.8) is 0 Å². The fourth-order valence-corrected chi connectivity index (χ4v) is 5.69. The quantitative estimate of drug-likeness (QED) is 0.390. The van der Waals surface area contributed by atoms with Crippen LogP contribution in [0.3, 0.4) is 0 Å². The van der Waals surface area contributed by atoms with Gasteiger partial charge in [0.25, 0.3) is 0 Å². The summed E-state index contributed by atoms with van der Waals surface area (Å²) in [6.45, 7) is 2.14. The van der Waals surface area contributed by atoms with Crippen molar-refractivity contribution in [2.45, 2.75) is 17.6 Å². The van der Waals surface area contributed by atoms with E-state index in [1.165, 1.54) is 4.31 Å². The molecule has 1 atom stereocenters. The summed E-state index contributed by atoms with van der Waals surface area (Å²) >= 11 is 6.07. The molecule has 36 heavy (non-hydrogen) atoms. The summed E-state index contributed by atoms with van der Waals surface area (Å²) in [6, 6.07) is 17.6. The molecule has 3 aromatic carbocycles. The fraction of sp³-hybridized carbons (Fsp3) is 0.308. The first kappa shape index (κ1) is 26.5. The summed E-state index contributed by atoms with van der Waals surface area (Å²) in [4.78, 5) is 1.59. The molecule has 1 aliphatic heterocycles. The number of methoxy groups -OCH3 is 1. The Morgan fingerprint density at radius 2 is 1.69 bits per heavy atom. The second-order valence-corrected chi connectivity index (χ2v) is 10.8. The normalized spacial score (nSPS) is 16.1. The van der Waals surface area contributed by atoms with Crippen LogP contribution in [0, 0.1) is 11.6 Å². The molecule has 192 valence electrons. The maximum atomic E-state index is 14.1. The van der Waals surface area contributed by atoms with Gasteiger partial charge in [-0.2, -0.15) is 4.31 Å². The first-order valence-electron chi connectivity index (χ1n) is 11.4. The summed E-state index contributed by atoms with van der Waals surface area (Å²) in [6.07, 6.45) is -0.286. The lowest BCUT2D eigenvalue weighted by atomic mass is 10.1. The van der Waals surface area contributed by atoms with Gasteiger partial charge in [0.15, 0.2) is 0 Å². The van der Waals surface area contributed by atoms with Crippen LogP contribution in [0.25, 0.3) is 0 Å². The van der Waals surface area contributed by atoms with Gasteiger partial charge >= 0.3 is 0 Å². The lowest BCUT2D eigenvalue weighted by Crippen LogP contribution is -2.49. The van der Waals surface area contributed by atoms with Gasteiger partial charge in [-0.1, -0.05) is 35.9 Å². The third kappa shape index (κ3) is 6.41. The monoisotopic (exact) mass is 536 g/mol. The molecule has 6 nitrogen and oxygen atoms in total. The number of sulfonamides is 1. The minimum Gasteiger partial charge on any atom is -0.497 e. The average molecular weight is 537 g/mol. The van der Waals surface area contributed by atoms with E-state index in [1.54, 1.807) is 19.2 Å². The Balaban J connectivity index is 1.43. The van der Waals surface area contributed by atoms with Crippen molar-refractivity contribution in [1.82, 2.24) is 9.21 Å². The molecule has 0 N–H and O–H groups in total. The van der Waals surface area contributed by atoms with E-state index >= 15 is 0 Å². The van der Waals surface area contributed by atoms with Gasteiger partial charge in [-0.25, -0.2) is 17.2 Å². The number of halogens is 3. The van der Waals surface area contributed by atoms with Crippen LogP contribution in [0.5, 0.6) is 5.75 Å². The Morgan fingerprint density at radius 1 is 0.972 bits per heavy atom. The zero-order chi connectivity index (χ0) is 25.7. The molecule has 1 fully saturated rings. The van der Waals surface area contributed by atoms with Crippen LogP contribution in [-0.2, 0) is 21.4 Å². The number of ether oxygens (including phenoxy) is 2. The van der Waals surface area contributed by atoms with Crippen molar-refractivity contribution in [1.29, 1.82) is 0 Å². The lowest BCUT2D eigenvalue weighted by molar-refractivity contribution is 0.00766. The molecule has 0 aliphatic carbocycles. The van der Waals surface area contributed by atoms with Crippen LogP contribution in [0.2, 0.25) is 5.02 Å². The van der Waals surface area contributed by atoms with E-state index in [2.05, 4.69) is 4.90 Å². The minimum absolute atomic E-state index is 0.183. The van der Waals surface area contributed by atoms with Gasteiger partial charge < -0.3 is 9.47 Å². The number of hydrogen-bond donors (Lipinski definition) is 0. The molecule has 0 aromatic heterocycles. The number of nitrogens with zero attached hydrogens (tertiary/aromatic N) is 2. The van der Waals surface area contributed by atoms with Gasteiger partial charge in [0.05, 0.1) is 19.8 Å². The molecule has 0 saturated carbocycles. The Morgan fingerprint density at radius 3 is 2.36 bits per heavy atom. The summed E-state index contributed by atoms with van der Waals surface area (Å²) in [7, 11) is -2.45. The van der Waals surface area contributed by atoms with Crippen molar-refractivity contribution in [2.24, 2.45) is 0 Å². The van der Waals surface area contributed by atoms with Gasteiger partial charge in [0.1, 0.15) is 22.3 Å². The molecule has 0 radical (unpaired) electrons. The third-order valence-electron chi connectivity index (χ3n) is 6.09. The average Bonchev–Trinajstić information content (AvgIpc) is 2.87. The van der Waals surface area contributed by atoms with Crippen LogP contribution in [0.15, 0.2) is 71.6 Å². The first-order chi connectivity index (χ1) is 17.3. The highest BCUT2D eigenvalue weighted by molar-refractivity contribution is 7.89. The van der Waals surface area contributed by atoms with Crippen molar-refractivity contribution in [3.05, 3.63) is 94.5 Å². The maximum absolute atomic E-state index is 14.1. The van der Waals surface area contributed by atoms with E-state index in [-0.39, 0.29) is 19.2 Å². The van der Waals surface area contributed by atoms with Crippen LogP contribution in [0.1, 0.15) is 17.2 Å². The standard InChI is InChI=1S/C26H27ClF2N2O4S/c1-34-23-4-2-3-19(15-23)18-35-25(20-5-7-21(27)8-6-20)17-30-11-13-31(14-12-30)36(32,33)26-10-9-22(28)16-24(26)29/h2-10,15-16,25H,11-14,17-18H2,1H3/t25-/m1/s1. The van der Waals surface area contributed by atoms with Crippen molar-refractivity contribution < 1.29 is 26.7 Å². The van der Waals surface area contributed by atoms with E-state index < -0.39 is 26.6 Å². The molecule has 10 heteroatoms. The number of piperazine rings is 1. The first-order valence-corrected chi connectivity index (χ1v) is 13.3. The zero-order valence-electron chi connectivity index (χ0n) is 19.7. The van der Waals surface area contributed by atoms with E-state index in [1.807, 2.05) is 36.4 Å². The zero-order valence-corrected chi connectivity index (χ0v) is 21.3. The summed E-state index contributed by atoms with van der Waals surface area (Å²) < 4.78 is 66.0. The van der Waals surface area contributed by atoms with E-state index in [0.717, 1.165) is 29.0 Å². The predicted octanol–water partition coefficient (Wildman–Crippen LogP) is 4.89. The van der Waals surface area contributed by atoms with Crippen molar-refractivity contribution in [3.8, 4) is 5.75 Å². The second-order valence-electron chi connectivity index (χ2n) is 8.48. The third-order valence-corrected chi connectivity index (χ3v) is 8.28. The van der Waals surface area contributed by atoms with Crippen molar-refractivity contribution in [2.75, 3.05) is 39.8 Å². The highest BCUT2D eigenvalue weighted by Crippen LogP contribution is 2.26. The fourth-order valence-electron chi connectivity index (χ4n) is 4.10. The molecule has 3 aromatic rings. The van der Waals surface area contributed by atoms with Gasteiger partial charge in [-0.05, 0) is 47.5 Å². The summed E-state index contributed by atoms with van der Waals surface area (Å²) in [5, 5.41) is 0.622. The Kier molecular flexibility index (Phi) is 8.58. The van der Waals surface area contributed by atoms with Crippen LogP contribution in [0.4, 0.5) is 8.78 Å². The SMILES string of the molecule is COc1cccc(CO[C@H](CN2CCN(S(=O)(=O)c3ccc(F)cc3F)CC2)c2ccc(Cl)cc2)c1. The van der Waals surface area contributed by atoms with Crippen LogP contribution < -0.4 is 4.74 Å². The Bertz CT molecular complexity index is 1280. The summed E-state index contributed by atoms with van der Waals surface area (Å²) in [5.41, 5.74) is 1.91. The van der Waals surface area contributed by atoms with Crippen molar-refractivity contribution >= 4 is 21.6 Å². The topological polar surface area (TPSA) is 59.1 Å². The molecule has 0 unspecified atom stereocenters. The maximum Gasteiger partial charge on any atom is 0.246 e. The molecule has 0 amide bonds. The summed E-state index contributed by atoms with van der Waals surface area (Å²) in [5.74, 6) is -1.17. The molecule has 1 aliphatic rings. The molecule has 0 bridgehead atoms. The highest BCUT2D eigenvalue weighted by atomic mass is 35.5. The molecular formula is C26H27ClF2N2O4S. The predicted molar refractivity (Wildman–Crippen MR) is 134 cm³/mol. The van der Waals surface area contributed by atoms with Gasteiger partial charge in [0, 0.05) is 43.8 Å². The van der Waals surface area contributed by atoms with Gasteiger partial charge in [0.2, 0.25) is 10.0 Å². The van der Waals surface area contributed by atoms with Gasteiger partial charge in [-0.15, -0.1) is 0 Å². The number of rotatable bonds is 9. The molecule has 4 rings (SSSR count). The Hall–Kier alpha value is -2.56. The molecule has 0 spiro atoms. The van der Waals surface area contributed by atoms with E-state index in [9.17, 15) is 17.2 Å². The largest absolute Gasteiger partial charge is 0.497 e.